The normalized spacial score (nSPS) is 10.8. The molecule has 6 nitrogen and oxygen atoms in total. The highest BCUT2D eigenvalue weighted by atomic mass is 16.6. The van der Waals surface area contributed by atoms with Crippen molar-refractivity contribution in [1.29, 1.82) is 0 Å². The SMILES string of the molecule is CCCN(CCO)Cc1ccc([N+](=O)[O-])c(NCC)c1. The Hall–Kier alpha value is -1.66. The van der Waals surface area contributed by atoms with E-state index >= 15 is 0 Å². The van der Waals surface area contributed by atoms with Crippen LogP contribution in [0.1, 0.15) is 25.8 Å². The van der Waals surface area contributed by atoms with Crippen molar-refractivity contribution < 1.29 is 10.0 Å². The van der Waals surface area contributed by atoms with Crippen LogP contribution in [-0.2, 0) is 6.54 Å². The van der Waals surface area contributed by atoms with Gasteiger partial charge in [0.1, 0.15) is 5.69 Å². The lowest BCUT2D eigenvalue weighted by molar-refractivity contribution is -0.384. The predicted octanol–water partition coefficient (Wildman–Crippen LogP) is 2.23. The van der Waals surface area contributed by atoms with Crippen LogP contribution in [0, 0.1) is 10.1 Å². The third kappa shape index (κ3) is 4.79. The Bertz CT molecular complexity index is 432. The van der Waals surface area contributed by atoms with Crippen molar-refractivity contribution in [3.8, 4) is 0 Å². The summed E-state index contributed by atoms with van der Waals surface area (Å²) in [6.07, 6.45) is 1.01. The first-order chi connectivity index (χ1) is 9.62. The fourth-order valence-electron chi connectivity index (χ4n) is 2.16. The number of hydrogen-bond acceptors (Lipinski definition) is 5. The van der Waals surface area contributed by atoms with E-state index in [1.165, 1.54) is 6.07 Å². The number of rotatable bonds is 9. The van der Waals surface area contributed by atoms with Crippen molar-refractivity contribution in [2.24, 2.45) is 0 Å². The van der Waals surface area contributed by atoms with Crippen LogP contribution in [0.4, 0.5) is 11.4 Å². The maximum atomic E-state index is 11.0. The van der Waals surface area contributed by atoms with Crippen LogP contribution in [-0.4, -0.2) is 41.2 Å². The number of nitrogens with zero attached hydrogens (tertiary/aromatic N) is 2. The van der Waals surface area contributed by atoms with Crippen molar-refractivity contribution in [3.05, 3.63) is 33.9 Å². The first-order valence-electron chi connectivity index (χ1n) is 6.96. The molecule has 112 valence electrons. The van der Waals surface area contributed by atoms with Gasteiger partial charge in [-0.25, -0.2) is 0 Å². The third-order valence-corrected chi connectivity index (χ3v) is 2.99. The highest BCUT2D eigenvalue weighted by Gasteiger charge is 2.14. The van der Waals surface area contributed by atoms with E-state index < -0.39 is 0 Å². The van der Waals surface area contributed by atoms with Gasteiger partial charge in [-0.05, 0) is 31.5 Å². The molecule has 0 spiro atoms. The van der Waals surface area contributed by atoms with E-state index in [1.54, 1.807) is 6.07 Å². The van der Waals surface area contributed by atoms with Crippen LogP contribution in [0.3, 0.4) is 0 Å². The fourth-order valence-corrected chi connectivity index (χ4v) is 2.16. The molecule has 0 heterocycles. The lowest BCUT2D eigenvalue weighted by Gasteiger charge is -2.20. The summed E-state index contributed by atoms with van der Waals surface area (Å²) in [5.74, 6) is 0. The summed E-state index contributed by atoms with van der Waals surface area (Å²) < 4.78 is 0. The molecule has 0 radical (unpaired) electrons. The lowest BCUT2D eigenvalue weighted by Crippen LogP contribution is -2.27. The van der Waals surface area contributed by atoms with E-state index in [4.69, 9.17) is 5.11 Å². The minimum Gasteiger partial charge on any atom is -0.395 e. The number of nitrogens with one attached hydrogen (secondary N) is 1. The van der Waals surface area contributed by atoms with Crippen molar-refractivity contribution in [2.75, 3.05) is 31.6 Å². The highest BCUT2D eigenvalue weighted by molar-refractivity contribution is 5.62. The van der Waals surface area contributed by atoms with Gasteiger partial charge in [-0.3, -0.25) is 15.0 Å². The minimum absolute atomic E-state index is 0.0970. The van der Waals surface area contributed by atoms with E-state index in [0.29, 0.717) is 25.3 Å². The molecule has 0 saturated carbocycles. The quantitative estimate of drug-likeness (QED) is 0.536. The topological polar surface area (TPSA) is 78.6 Å². The fraction of sp³-hybridized carbons (Fsp3) is 0.571. The summed E-state index contributed by atoms with van der Waals surface area (Å²) in [4.78, 5) is 12.7. The average molecular weight is 281 g/mol. The van der Waals surface area contributed by atoms with Crippen molar-refractivity contribution in [2.45, 2.75) is 26.8 Å². The molecule has 2 N–H and O–H groups in total. The molecule has 6 heteroatoms. The molecule has 1 aromatic carbocycles. The molecule has 0 fully saturated rings. The molecule has 1 rings (SSSR count). The smallest absolute Gasteiger partial charge is 0.292 e. The van der Waals surface area contributed by atoms with Crippen LogP contribution in [0.5, 0.6) is 0 Å². The van der Waals surface area contributed by atoms with Crippen molar-refractivity contribution in [1.82, 2.24) is 4.90 Å². The molecule has 0 atom stereocenters. The molecule has 0 aliphatic heterocycles. The molecular formula is C14H23N3O3. The summed E-state index contributed by atoms with van der Waals surface area (Å²) in [7, 11) is 0. The number of nitro groups is 1. The molecular weight excluding hydrogens is 258 g/mol. The van der Waals surface area contributed by atoms with Gasteiger partial charge in [-0.1, -0.05) is 13.0 Å². The van der Waals surface area contributed by atoms with Gasteiger partial charge in [0.25, 0.3) is 5.69 Å². The summed E-state index contributed by atoms with van der Waals surface area (Å²) in [6.45, 7) is 6.95. The van der Waals surface area contributed by atoms with Crippen LogP contribution in [0.2, 0.25) is 0 Å². The van der Waals surface area contributed by atoms with Gasteiger partial charge >= 0.3 is 0 Å². The number of hydrogen-bond donors (Lipinski definition) is 2. The van der Waals surface area contributed by atoms with E-state index in [-0.39, 0.29) is 17.2 Å². The lowest BCUT2D eigenvalue weighted by atomic mass is 10.1. The highest BCUT2D eigenvalue weighted by Crippen LogP contribution is 2.25. The van der Waals surface area contributed by atoms with Crippen LogP contribution in [0.15, 0.2) is 18.2 Å². The molecule has 20 heavy (non-hydrogen) atoms. The zero-order valence-corrected chi connectivity index (χ0v) is 12.1. The molecule has 0 aliphatic rings. The van der Waals surface area contributed by atoms with E-state index in [1.807, 2.05) is 13.0 Å². The number of aliphatic hydroxyl groups excluding tert-OH is 1. The summed E-state index contributed by atoms with van der Waals surface area (Å²) in [5.41, 5.74) is 1.66. The standard InChI is InChI=1S/C14H23N3O3/c1-3-7-16(8-9-18)11-12-5-6-14(17(19)20)13(10-12)15-4-2/h5-6,10,15,18H,3-4,7-9,11H2,1-2H3. The molecule has 0 aromatic heterocycles. The van der Waals surface area contributed by atoms with Gasteiger partial charge in [0.05, 0.1) is 11.5 Å². The average Bonchev–Trinajstić information content (AvgIpc) is 2.39. The Kier molecular flexibility index (Phi) is 6.97. The van der Waals surface area contributed by atoms with Crippen LogP contribution < -0.4 is 5.32 Å². The second-order valence-corrected chi connectivity index (χ2v) is 4.64. The molecule has 0 amide bonds. The number of anilines is 1. The van der Waals surface area contributed by atoms with Gasteiger partial charge in [-0.2, -0.15) is 0 Å². The van der Waals surface area contributed by atoms with Gasteiger partial charge < -0.3 is 10.4 Å². The Labute approximate surface area is 119 Å². The minimum atomic E-state index is -0.376. The van der Waals surface area contributed by atoms with Gasteiger partial charge in [-0.15, -0.1) is 0 Å². The zero-order chi connectivity index (χ0) is 15.0. The number of aliphatic hydroxyl groups is 1. The van der Waals surface area contributed by atoms with Gasteiger partial charge in [0.2, 0.25) is 0 Å². The maximum Gasteiger partial charge on any atom is 0.292 e. The molecule has 0 unspecified atom stereocenters. The third-order valence-electron chi connectivity index (χ3n) is 2.99. The Balaban J connectivity index is 2.89. The van der Waals surface area contributed by atoms with Crippen molar-refractivity contribution >= 4 is 11.4 Å². The molecule has 0 aliphatic carbocycles. The summed E-state index contributed by atoms with van der Waals surface area (Å²) in [5, 5.41) is 23.0. The van der Waals surface area contributed by atoms with E-state index in [9.17, 15) is 10.1 Å². The van der Waals surface area contributed by atoms with Gasteiger partial charge in [0.15, 0.2) is 0 Å². The Morgan fingerprint density at radius 2 is 2.10 bits per heavy atom. The van der Waals surface area contributed by atoms with Crippen molar-refractivity contribution in [3.63, 3.8) is 0 Å². The largest absolute Gasteiger partial charge is 0.395 e. The van der Waals surface area contributed by atoms with Crippen LogP contribution >= 0.6 is 0 Å². The zero-order valence-electron chi connectivity index (χ0n) is 12.1. The summed E-state index contributed by atoms with van der Waals surface area (Å²) >= 11 is 0. The van der Waals surface area contributed by atoms with Crippen LogP contribution in [0.25, 0.3) is 0 Å². The van der Waals surface area contributed by atoms with E-state index in [2.05, 4.69) is 17.1 Å². The maximum absolute atomic E-state index is 11.0. The monoisotopic (exact) mass is 281 g/mol. The first-order valence-corrected chi connectivity index (χ1v) is 6.96. The predicted molar refractivity (Wildman–Crippen MR) is 79.9 cm³/mol. The van der Waals surface area contributed by atoms with Gasteiger partial charge in [0, 0.05) is 25.7 Å². The van der Waals surface area contributed by atoms with E-state index in [0.717, 1.165) is 18.5 Å². The Morgan fingerprint density at radius 1 is 1.35 bits per heavy atom. The molecule has 1 aromatic rings. The number of nitro benzene ring substituents is 1. The molecule has 0 bridgehead atoms. The second kappa shape index (κ2) is 8.50. The summed E-state index contributed by atoms with van der Waals surface area (Å²) in [6, 6.07) is 5.14. The second-order valence-electron chi connectivity index (χ2n) is 4.64. The number of benzene rings is 1. The Morgan fingerprint density at radius 3 is 2.65 bits per heavy atom. The first kappa shape index (κ1) is 16.4. The molecule has 0 saturated heterocycles.